The van der Waals surface area contributed by atoms with Crippen molar-refractivity contribution < 1.29 is 20.1 Å². The minimum absolute atomic E-state index is 0.225. The Hall–Kier alpha value is -2.34. The number of carboxylic acid groups (broad SMARTS) is 1. The first-order valence-electron chi connectivity index (χ1n) is 5.28. The van der Waals surface area contributed by atoms with Crippen LogP contribution in [0, 0.1) is 0 Å². The number of carbonyl (C=O) groups is 1. The van der Waals surface area contributed by atoms with E-state index in [1.807, 2.05) is 0 Å². The SMILES string of the molecule is O=C(O)c1cc(C(O)Cn2ccnc2)ccc1O. The van der Waals surface area contributed by atoms with Crippen LogP contribution in [0.1, 0.15) is 22.0 Å². The van der Waals surface area contributed by atoms with Crippen molar-refractivity contribution in [1.82, 2.24) is 9.55 Å². The smallest absolute Gasteiger partial charge is 0.339 e. The van der Waals surface area contributed by atoms with Crippen LogP contribution >= 0.6 is 0 Å². The lowest BCUT2D eigenvalue weighted by Crippen LogP contribution is -2.08. The van der Waals surface area contributed by atoms with Gasteiger partial charge in [-0.15, -0.1) is 0 Å². The Morgan fingerprint density at radius 1 is 1.44 bits per heavy atom. The quantitative estimate of drug-likeness (QED) is 0.750. The number of aliphatic hydroxyl groups excluding tert-OH is 1. The summed E-state index contributed by atoms with van der Waals surface area (Å²) in [6.07, 6.45) is 3.98. The summed E-state index contributed by atoms with van der Waals surface area (Å²) >= 11 is 0. The Kier molecular flexibility index (Phi) is 3.29. The maximum atomic E-state index is 10.9. The Morgan fingerprint density at radius 2 is 2.22 bits per heavy atom. The molecule has 3 N–H and O–H groups in total. The lowest BCUT2D eigenvalue weighted by molar-refractivity contribution is 0.0693. The highest BCUT2D eigenvalue weighted by Gasteiger charge is 2.14. The average molecular weight is 248 g/mol. The van der Waals surface area contributed by atoms with E-state index in [-0.39, 0.29) is 17.9 Å². The number of phenols is 1. The van der Waals surface area contributed by atoms with Crippen molar-refractivity contribution >= 4 is 5.97 Å². The van der Waals surface area contributed by atoms with Gasteiger partial charge in [0.1, 0.15) is 11.3 Å². The molecule has 0 aliphatic carbocycles. The molecule has 0 spiro atoms. The highest BCUT2D eigenvalue weighted by atomic mass is 16.4. The second-order valence-corrected chi connectivity index (χ2v) is 3.86. The number of hydrogen-bond acceptors (Lipinski definition) is 4. The fourth-order valence-corrected chi connectivity index (χ4v) is 1.63. The predicted octanol–water partition coefficient (Wildman–Crippen LogP) is 1.02. The van der Waals surface area contributed by atoms with Crippen LogP contribution in [0.15, 0.2) is 36.9 Å². The van der Waals surface area contributed by atoms with Crippen molar-refractivity contribution in [2.45, 2.75) is 12.6 Å². The number of aromatic hydroxyl groups is 1. The van der Waals surface area contributed by atoms with E-state index in [1.54, 1.807) is 23.3 Å². The zero-order valence-electron chi connectivity index (χ0n) is 9.39. The highest BCUT2D eigenvalue weighted by molar-refractivity contribution is 5.90. The van der Waals surface area contributed by atoms with Gasteiger partial charge in [0.25, 0.3) is 0 Å². The van der Waals surface area contributed by atoms with Crippen LogP contribution < -0.4 is 0 Å². The van der Waals surface area contributed by atoms with Gasteiger partial charge in [0.05, 0.1) is 19.0 Å². The molecular formula is C12H12N2O4. The van der Waals surface area contributed by atoms with Crippen molar-refractivity contribution in [3.8, 4) is 5.75 Å². The normalized spacial score (nSPS) is 12.3. The van der Waals surface area contributed by atoms with E-state index < -0.39 is 12.1 Å². The molecule has 1 aromatic carbocycles. The Morgan fingerprint density at radius 3 is 2.83 bits per heavy atom. The van der Waals surface area contributed by atoms with Gasteiger partial charge in [-0.1, -0.05) is 6.07 Å². The third-order valence-corrected chi connectivity index (χ3v) is 2.58. The van der Waals surface area contributed by atoms with E-state index >= 15 is 0 Å². The molecule has 1 atom stereocenters. The molecule has 1 heterocycles. The van der Waals surface area contributed by atoms with E-state index in [9.17, 15) is 15.0 Å². The number of benzene rings is 1. The second kappa shape index (κ2) is 4.89. The highest BCUT2D eigenvalue weighted by Crippen LogP contribution is 2.23. The standard InChI is InChI=1S/C12H12N2O4/c15-10-2-1-8(5-9(10)12(17)18)11(16)6-14-4-3-13-7-14/h1-5,7,11,15-16H,6H2,(H,17,18). The van der Waals surface area contributed by atoms with Gasteiger partial charge < -0.3 is 19.9 Å². The topological polar surface area (TPSA) is 95.6 Å². The maximum Gasteiger partial charge on any atom is 0.339 e. The lowest BCUT2D eigenvalue weighted by atomic mass is 10.0. The van der Waals surface area contributed by atoms with Crippen molar-refractivity contribution in [3.05, 3.63) is 48.0 Å². The van der Waals surface area contributed by atoms with E-state index in [0.29, 0.717) is 5.56 Å². The monoisotopic (exact) mass is 248 g/mol. The largest absolute Gasteiger partial charge is 0.507 e. The number of aliphatic hydroxyl groups is 1. The van der Waals surface area contributed by atoms with Gasteiger partial charge >= 0.3 is 5.97 Å². The Labute approximate surface area is 103 Å². The van der Waals surface area contributed by atoms with Gasteiger partial charge in [0.15, 0.2) is 0 Å². The molecule has 2 rings (SSSR count). The molecule has 0 aliphatic rings. The van der Waals surface area contributed by atoms with Gasteiger partial charge in [-0.25, -0.2) is 9.78 Å². The molecule has 18 heavy (non-hydrogen) atoms. The van der Waals surface area contributed by atoms with Gasteiger partial charge in [-0.05, 0) is 17.7 Å². The summed E-state index contributed by atoms with van der Waals surface area (Å²) in [5, 5.41) is 28.2. The summed E-state index contributed by atoms with van der Waals surface area (Å²) in [6.45, 7) is 0.268. The summed E-state index contributed by atoms with van der Waals surface area (Å²) in [5.41, 5.74) is 0.205. The third kappa shape index (κ3) is 2.49. The molecule has 94 valence electrons. The van der Waals surface area contributed by atoms with Crippen LogP contribution in [0.5, 0.6) is 5.75 Å². The van der Waals surface area contributed by atoms with E-state index in [1.165, 1.54) is 18.2 Å². The number of nitrogens with zero attached hydrogens (tertiary/aromatic N) is 2. The number of aromatic nitrogens is 2. The van der Waals surface area contributed by atoms with Crippen LogP contribution in [0.3, 0.4) is 0 Å². The molecule has 6 heteroatoms. The van der Waals surface area contributed by atoms with Crippen LogP contribution in [0.25, 0.3) is 0 Å². The fourth-order valence-electron chi connectivity index (χ4n) is 1.63. The average Bonchev–Trinajstić information content (AvgIpc) is 2.81. The lowest BCUT2D eigenvalue weighted by Gasteiger charge is -2.12. The summed E-state index contributed by atoms with van der Waals surface area (Å²) in [4.78, 5) is 14.7. The van der Waals surface area contributed by atoms with Gasteiger partial charge in [0.2, 0.25) is 0 Å². The minimum Gasteiger partial charge on any atom is -0.507 e. The van der Waals surface area contributed by atoms with Crippen molar-refractivity contribution in [2.24, 2.45) is 0 Å². The molecule has 6 nitrogen and oxygen atoms in total. The van der Waals surface area contributed by atoms with Crippen molar-refractivity contribution in [3.63, 3.8) is 0 Å². The van der Waals surface area contributed by atoms with Gasteiger partial charge in [-0.3, -0.25) is 0 Å². The predicted molar refractivity (Wildman–Crippen MR) is 62.3 cm³/mol. The molecule has 2 aromatic rings. The number of carboxylic acids is 1. The molecule has 0 amide bonds. The molecule has 0 aliphatic heterocycles. The molecule has 0 saturated heterocycles. The molecule has 0 bridgehead atoms. The molecule has 1 unspecified atom stereocenters. The Bertz CT molecular complexity index is 551. The zero-order chi connectivity index (χ0) is 13.1. The van der Waals surface area contributed by atoms with Gasteiger partial charge in [-0.2, -0.15) is 0 Å². The van der Waals surface area contributed by atoms with E-state index in [4.69, 9.17) is 5.11 Å². The van der Waals surface area contributed by atoms with Crippen molar-refractivity contribution in [1.29, 1.82) is 0 Å². The number of hydrogen-bond donors (Lipinski definition) is 3. The maximum absolute atomic E-state index is 10.9. The summed E-state index contributed by atoms with van der Waals surface area (Å²) in [7, 11) is 0. The van der Waals surface area contributed by atoms with Crippen LogP contribution in [0.4, 0.5) is 0 Å². The summed E-state index contributed by atoms with van der Waals surface area (Å²) in [6, 6.07) is 4.01. The van der Waals surface area contributed by atoms with Crippen molar-refractivity contribution in [2.75, 3.05) is 0 Å². The number of aromatic carboxylic acids is 1. The zero-order valence-corrected chi connectivity index (χ0v) is 9.39. The first kappa shape index (κ1) is 12.1. The summed E-state index contributed by atoms with van der Waals surface area (Å²) < 4.78 is 1.68. The molecule has 1 aromatic heterocycles. The first-order valence-corrected chi connectivity index (χ1v) is 5.28. The number of imidazole rings is 1. The van der Waals surface area contributed by atoms with E-state index in [0.717, 1.165) is 0 Å². The Balaban J connectivity index is 2.22. The van der Waals surface area contributed by atoms with E-state index in [2.05, 4.69) is 4.98 Å². The molecular weight excluding hydrogens is 236 g/mol. The third-order valence-electron chi connectivity index (χ3n) is 2.58. The van der Waals surface area contributed by atoms with Crippen LogP contribution in [-0.4, -0.2) is 30.8 Å². The van der Waals surface area contributed by atoms with Crippen LogP contribution in [-0.2, 0) is 6.54 Å². The van der Waals surface area contributed by atoms with Gasteiger partial charge in [0, 0.05) is 12.4 Å². The first-order chi connectivity index (χ1) is 8.58. The molecule has 0 saturated carbocycles. The van der Waals surface area contributed by atoms with Crippen LogP contribution in [0.2, 0.25) is 0 Å². The summed E-state index contributed by atoms with van der Waals surface area (Å²) in [5.74, 6) is -1.55. The number of rotatable bonds is 4. The fraction of sp³-hybridized carbons (Fsp3) is 0.167. The minimum atomic E-state index is -1.23. The second-order valence-electron chi connectivity index (χ2n) is 3.86. The molecule has 0 fully saturated rings. The molecule has 0 radical (unpaired) electrons.